The molecule has 0 aliphatic carbocycles. The highest BCUT2D eigenvalue weighted by Gasteiger charge is 2.33. The van der Waals surface area contributed by atoms with E-state index in [2.05, 4.69) is 36.9 Å². The molecular weight excluding hydrogens is 236 g/mol. The molecule has 0 spiro atoms. The van der Waals surface area contributed by atoms with Crippen LogP contribution in [0.3, 0.4) is 0 Å². The number of hydrogen-bond donors (Lipinski definition) is 1. The van der Waals surface area contributed by atoms with Crippen molar-refractivity contribution in [3.8, 4) is 5.75 Å². The third-order valence-corrected chi connectivity index (χ3v) is 3.92. The Morgan fingerprint density at radius 2 is 2.11 bits per heavy atom. The number of rotatable bonds is 4. The molecular formula is C16H26N2O. The van der Waals surface area contributed by atoms with E-state index in [1.165, 1.54) is 12.0 Å². The van der Waals surface area contributed by atoms with Gasteiger partial charge in [0.1, 0.15) is 5.75 Å². The largest absolute Gasteiger partial charge is 0.494 e. The normalized spacial score (nSPS) is 24.7. The molecule has 3 heteroatoms. The maximum Gasteiger partial charge on any atom is 0.124 e. The molecule has 1 aromatic rings. The van der Waals surface area contributed by atoms with E-state index in [9.17, 15) is 0 Å². The standard InChI is InChI=1S/C16H26N2O/c1-4-19-15-10-6-5-8-13(15)16-14(17)9-7-11-18(16)12(2)3/h5-6,8,10,12,14,16H,4,7,9,11,17H2,1-3H3. The molecule has 0 saturated carbocycles. The third kappa shape index (κ3) is 3.10. The maximum atomic E-state index is 6.41. The predicted molar refractivity (Wildman–Crippen MR) is 79.4 cm³/mol. The van der Waals surface area contributed by atoms with Crippen LogP contribution >= 0.6 is 0 Å². The quantitative estimate of drug-likeness (QED) is 0.906. The molecule has 19 heavy (non-hydrogen) atoms. The average molecular weight is 262 g/mol. The van der Waals surface area contributed by atoms with Crippen molar-refractivity contribution in [1.82, 2.24) is 4.90 Å². The fourth-order valence-electron chi connectivity index (χ4n) is 3.05. The Bertz CT molecular complexity index is 405. The molecule has 1 heterocycles. The van der Waals surface area contributed by atoms with Crippen molar-refractivity contribution in [1.29, 1.82) is 0 Å². The van der Waals surface area contributed by atoms with Crippen molar-refractivity contribution >= 4 is 0 Å². The topological polar surface area (TPSA) is 38.5 Å². The van der Waals surface area contributed by atoms with Crippen LogP contribution in [0.15, 0.2) is 24.3 Å². The van der Waals surface area contributed by atoms with Gasteiger partial charge in [-0.25, -0.2) is 0 Å². The monoisotopic (exact) mass is 262 g/mol. The molecule has 1 aromatic carbocycles. The molecule has 106 valence electrons. The number of piperidine rings is 1. The van der Waals surface area contributed by atoms with Crippen molar-refractivity contribution in [2.75, 3.05) is 13.2 Å². The van der Waals surface area contributed by atoms with Gasteiger partial charge in [-0.05, 0) is 46.2 Å². The molecule has 2 unspecified atom stereocenters. The Labute approximate surface area is 116 Å². The minimum atomic E-state index is 0.192. The van der Waals surface area contributed by atoms with E-state index in [1.807, 2.05) is 13.0 Å². The number of ether oxygens (including phenoxy) is 1. The van der Waals surface area contributed by atoms with Gasteiger partial charge in [0.15, 0.2) is 0 Å². The molecule has 2 rings (SSSR count). The molecule has 2 atom stereocenters. The summed E-state index contributed by atoms with van der Waals surface area (Å²) in [6, 6.07) is 9.30. The average Bonchev–Trinajstić information content (AvgIpc) is 2.40. The highest BCUT2D eigenvalue weighted by Crippen LogP contribution is 2.36. The van der Waals surface area contributed by atoms with Crippen LogP contribution < -0.4 is 10.5 Å². The summed E-state index contributed by atoms with van der Waals surface area (Å²) < 4.78 is 5.78. The van der Waals surface area contributed by atoms with Crippen LogP contribution in [-0.4, -0.2) is 30.1 Å². The Hall–Kier alpha value is -1.06. The van der Waals surface area contributed by atoms with Crippen molar-refractivity contribution in [3.05, 3.63) is 29.8 Å². The number of benzene rings is 1. The Balaban J connectivity index is 2.35. The minimum Gasteiger partial charge on any atom is -0.494 e. The van der Waals surface area contributed by atoms with Gasteiger partial charge in [-0.1, -0.05) is 18.2 Å². The summed E-state index contributed by atoms with van der Waals surface area (Å²) in [4.78, 5) is 2.51. The van der Waals surface area contributed by atoms with Crippen molar-refractivity contribution < 1.29 is 4.74 Å². The first kappa shape index (κ1) is 14.4. The zero-order valence-electron chi connectivity index (χ0n) is 12.3. The molecule has 0 bridgehead atoms. The van der Waals surface area contributed by atoms with Crippen molar-refractivity contribution in [3.63, 3.8) is 0 Å². The molecule has 0 amide bonds. The van der Waals surface area contributed by atoms with Gasteiger partial charge in [0, 0.05) is 17.6 Å². The third-order valence-electron chi connectivity index (χ3n) is 3.92. The lowest BCUT2D eigenvalue weighted by Gasteiger charge is -2.43. The van der Waals surface area contributed by atoms with Crippen LogP contribution in [0.25, 0.3) is 0 Å². The smallest absolute Gasteiger partial charge is 0.124 e. The Kier molecular flexibility index (Phi) is 4.83. The molecule has 1 aliphatic heterocycles. The fraction of sp³-hybridized carbons (Fsp3) is 0.625. The summed E-state index contributed by atoms with van der Waals surface area (Å²) in [6.07, 6.45) is 2.28. The van der Waals surface area contributed by atoms with Crippen LogP contribution in [-0.2, 0) is 0 Å². The van der Waals surface area contributed by atoms with Gasteiger partial charge in [-0.3, -0.25) is 4.90 Å². The second-order valence-corrected chi connectivity index (χ2v) is 5.55. The van der Waals surface area contributed by atoms with E-state index < -0.39 is 0 Å². The second-order valence-electron chi connectivity index (χ2n) is 5.55. The van der Waals surface area contributed by atoms with E-state index in [0.29, 0.717) is 12.6 Å². The first-order chi connectivity index (χ1) is 9.15. The summed E-state index contributed by atoms with van der Waals surface area (Å²) in [7, 11) is 0. The van der Waals surface area contributed by atoms with Gasteiger partial charge in [0.25, 0.3) is 0 Å². The molecule has 3 nitrogen and oxygen atoms in total. The van der Waals surface area contributed by atoms with Gasteiger partial charge >= 0.3 is 0 Å². The van der Waals surface area contributed by atoms with E-state index in [1.54, 1.807) is 0 Å². The molecule has 0 radical (unpaired) electrons. The number of para-hydroxylation sites is 1. The van der Waals surface area contributed by atoms with Crippen molar-refractivity contribution in [2.24, 2.45) is 5.73 Å². The van der Waals surface area contributed by atoms with Crippen LogP contribution in [0, 0.1) is 0 Å². The highest BCUT2D eigenvalue weighted by molar-refractivity contribution is 5.37. The summed E-state index contributed by atoms with van der Waals surface area (Å²) in [5.74, 6) is 0.984. The lowest BCUT2D eigenvalue weighted by Crippen LogP contribution is -2.48. The molecule has 0 aromatic heterocycles. The summed E-state index contributed by atoms with van der Waals surface area (Å²) in [6.45, 7) is 8.33. The van der Waals surface area contributed by atoms with Gasteiger partial charge in [0.05, 0.1) is 12.6 Å². The highest BCUT2D eigenvalue weighted by atomic mass is 16.5. The van der Waals surface area contributed by atoms with E-state index >= 15 is 0 Å². The number of hydrogen-bond acceptors (Lipinski definition) is 3. The van der Waals surface area contributed by atoms with Gasteiger partial charge in [-0.2, -0.15) is 0 Å². The van der Waals surface area contributed by atoms with Crippen molar-refractivity contribution in [2.45, 2.75) is 51.7 Å². The lowest BCUT2D eigenvalue weighted by molar-refractivity contribution is 0.0923. The molecule has 1 fully saturated rings. The Morgan fingerprint density at radius 1 is 1.37 bits per heavy atom. The first-order valence-electron chi connectivity index (χ1n) is 7.38. The van der Waals surface area contributed by atoms with Crippen LogP contribution in [0.1, 0.15) is 45.2 Å². The minimum absolute atomic E-state index is 0.192. The summed E-state index contributed by atoms with van der Waals surface area (Å²) in [5, 5.41) is 0. The zero-order chi connectivity index (χ0) is 13.8. The SMILES string of the molecule is CCOc1ccccc1C1C(N)CCCN1C(C)C. The lowest BCUT2D eigenvalue weighted by atomic mass is 9.89. The van der Waals surface area contributed by atoms with Gasteiger partial charge in [-0.15, -0.1) is 0 Å². The van der Waals surface area contributed by atoms with Gasteiger partial charge in [0.2, 0.25) is 0 Å². The zero-order valence-corrected chi connectivity index (χ0v) is 12.3. The van der Waals surface area contributed by atoms with Crippen LogP contribution in [0.2, 0.25) is 0 Å². The Morgan fingerprint density at radius 3 is 2.79 bits per heavy atom. The maximum absolute atomic E-state index is 6.41. The summed E-state index contributed by atoms with van der Waals surface area (Å²) >= 11 is 0. The number of nitrogens with zero attached hydrogens (tertiary/aromatic N) is 1. The van der Waals surface area contributed by atoms with Gasteiger partial charge < -0.3 is 10.5 Å². The predicted octanol–water partition coefficient (Wildman–Crippen LogP) is 2.96. The van der Waals surface area contributed by atoms with E-state index in [4.69, 9.17) is 10.5 Å². The number of nitrogens with two attached hydrogens (primary N) is 1. The van der Waals surface area contributed by atoms with E-state index in [0.717, 1.165) is 18.7 Å². The van der Waals surface area contributed by atoms with Crippen LogP contribution in [0.5, 0.6) is 5.75 Å². The first-order valence-corrected chi connectivity index (χ1v) is 7.38. The molecule has 1 saturated heterocycles. The molecule has 1 aliphatic rings. The molecule has 2 N–H and O–H groups in total. The van der Waals surface area contributed by atoms with Crippen LogP contribution in [0.4, 0.5) is 0 Å². The summed E-state index contributed by atoms with van der Waals surface area (Å²) in [5.41, 5.74) is 7.65. The second kappa shape index (κ2) is 6.40. The van der Waals surface area contributed by atoms with E-state index in [-0.39, 0.29) is 12.1 Å². The number of likely N-dealkylation sites (tertiary alicyclic amines) is 1. The fourth-order valence-corrected chi connectivity index (χ4v) is 3.05.